The molecule has 2 aromatic carbocycles. The van der Waals surface area contributed by atoms with Gasteiger partial charge in [0.15, 0.2) is 23.3 Å². The van der Waals surface area contributed by atoms with Gasteiger partial charge in [-0.25, -0.2) is 22.4 Å². The predicted molar refractivity (Wildman–Crippen MR) is 102 cm³/mol. The Morgan fingerprint density at radius 1 is 1.03 bits per heavy atom. The first-order valence-corrected chi connectivity index (χ1v) is 8.99. The molecule has 1 aliphatic rings. The quantitative estimate of drug-likeness (QED) is 0.557. The third-order valence-electron chi connectivity index (χ3n) is 5.12. The van der Waals surface area contributed by atoms with Crippen molar-refractivity contribution in [1.29, 1.82) is 0 Å². The van der Waals surface area contributed by atoms with Crippen molar-refractivity contribution in [3.8, 4) is 0 Å². The fourth-order valence-corrected chi connectivity index (χ4v) is 3.61. The number of rotatable bonds is 2. The zero-order valence-corrected chi connectivity index (χ0v) is 15.7. The minimum Gasteiger partial charge on any atom is -0.324 e. The number of anilines is 1. The summed E-state index contributed by atoms with van der Waals surface area (Å²) in [5.74, 6) is -4.41. The second-order valence-corrected chi connectivity index (χ2v) is 6.97. The van der Waals surface area contributed by atoms with Gasteiger partial charge in [0.05, 0.1) is 11.4 Å². The Labute approximate surface area is 167 Å². The van der Waals surface area contributed by atoms with Gasteiger partial charge in [-0.05, 0) is 29.7 Å². The first kappa shape index (κ1) is 19.9. The number of aromatic amines is 1. The highest BCUT2D eigenvalue weighted by Crippen LogP contribution is 2.32. The van der Waals surface area contributed by atoms with Gasteiger partial charge in [0, 0.05) is 43.1 Å². The topological polar surface area (TPSA) is 77.2 Å². The number of hydrogen-bond donors (Lipinski definition) is 3. The molecule has 0 bridgehead atoms. The summed E-state index contributed by atoms with van der Waals surface area (Å²) in [5, 5.41) is 5.69. The summed E-state index contributed by atoms with van der Waals surface area (Å²) in [6.07, 6.45) is 0. The highest BCUT2D eigenvalue weighted by molar-refractivity contribution is 5.91. The maximum atomic E-state index is 13.9. The second-order valence-electron chi connectivity index (χ2n) is 6.97. The number of likely N-dealkylation sites (N-methyl/N-ethyl adjacent to an activating group) is 1. The molecule has 2 heterocycles. The molecule has 6 nitrogen and oxygen atoms in total. The lowest BCUT2D eigenvalue weighted by Crippen LogP contribution is -2.43. The Morgan fingerprint density at radius 2 is 1.70 bits per heavy atom. The molecule has 30 heavy (non-hydrogen) atoms. The Morgan fingerprint density at radius 3 is 2.40 bits per heavy atom. The normalized spacial score (nSPS) is 15.7. The summed E-state index contributed by atoms with van der Waals surface area (Å²) >= 11 is 0. The summed E-state index contributed by atoms with van der Waals surface area (Å²) in [6.45, 7) is 0.545. The molecular weight excluding hydrogens is 404 g/mol. The Kier molecular flexibility index (Phi) is 4.94. The van der Waals surface area contributed by atoms with E-state index in [0.717, 1.165) is 24.3 Å². The Bertz CT molecular complexity index is 1230. The van der Waals surface area contributed by atoms with E-state index >= 15 is 0 Å². The van der Waals surface area contributed by atoms with Gasteiger partial charge >= 0.3 is 6.03 Å². The zero-order chi connectivity index (χ0) is 21.6. The average molecular weight is 420 g/mol. The smallest absolute Gasteiger partial charge is 0.322 e. The van der Waals surface area contributed by atoms with Crippen molar-refractivity contribution in [1.82, 2.24) is 15.2 Å². The molecular formula is C20H16F4N4O2. The molecule has 1 aliphatic heterocycles. The molecule has 156 valence electrons. The maximum absolute atomic E-state index is 13.9. The van der Waals surface area contributed by atoms with E-state index in [0.29, 0.717) is 11.3 Å². The van der Waals surface area contributed by atoms with Gasteiger partial charge in [-0.1, -0.05) is 0 Å². The molecule has 4 rings (SSSR count). The van der Waals surface area contributed by atoms with Gasteiger partial charge in [0.2, 0.25) is 0 Å². The van der Waals surface area contributed by atoms with Gasteiger partial charge < -0.3 is 20.5 Å². The number of carbonyl (C=O) groups is 1. The number of pyridine rings is 1. The van der Waals surface area contributed by atoms with Gasteiger partial charge in [-0.3, -0.25) is 4.79 Å². The number of benzene rings is 2. The van der Waals surface area contributed by atoms with Crippen molar-refractivity contribution in [2.24, 2.45) is 0 Å². The number of nitrogens with one attached hydrogen (secondary N) is 3. The predicted octanol–water partition coefficient (Wildman–Crippen LogP) is 3.39. The van der Waals surface area contributed by atoms with Crippen LogP contribution in [-0.4, -0.2) is 29.5 Å². The third kappa shape index (κ3) is 3.39. The summed E-state index contributed by atoms with van der Waals surface area (Å²) in [7, 11) is 1.47. The molecule has 3 aromatic rings. The van der Waals surface area contributed by atoms with Crippen LogP contribution in [0.3, 0.4) is 0 Å². The molecule has 1 atom stereocenters. The van der Waals surface area contributed by atoms with Crippen LogP contribution in [0.4, 0.5) is 28.0 Å². The van der Waals surface area contributed by atoms with Gasteiger partial charge in [0.1, 0.15) is 0 Å². The molecule has 0 spiro atoms. The minimum atomic E-state index is -1.15. The van der Waals surface area contributed by atoms with Crippen LogP contribution in [0, 0.1) is 23.3 Å². The highest BCUT2D eigenvalue weighted by Gasteiger charge is 2.30. The molecule has 3 N–H and O–H groups in total. The molecule has 0 aliphatic carbocycles. The summed E-state index contributed by atoms with van der Waals surface area (Å²) in [6, 6.07) is 3.42. The number of halogens is 4. The zero-order valence-electron chi connectivity index (χ0n) is 15.7. The fraction of sp³-hybridized carbons (Fsp3) is 0.200. The molecule has 10 heteroatoms. The maximum Gasteiger partial charge on any atom is 0.322 e. The van der Waals surface area contributed by atoms with Crippen LogP contribution in [0.25, 0.3) is 10.8 Å². The first-order valence-electron chi connectivity index (χ1n) is 8.99. The molecule has 0 radical (unpaired) electrons. The van der Waals surface area contributed by atoms with Crippen LogP contribution < -0.4 is 16.2 Å². The number of aromatic nitrogens is 1. The van der Waals surface area contributed by atoms with E-state index in [9.17, 15) is 27.2 Å². The van der Waals surface area contributed by atoms with Crippen LogP contribution in [0.1, 0.15) is 17.3 Å². The molecule has 0 unspecified atom stereocenters. The van der Waals surface area contributed by atoms with E-state index in [4.69, 9.17) is 0 Å². The van der Waals surface area contributed by atoms with E-state index in [1.165, 1.54) is 18.0 Å². The lowest BCUT2D eigenvalue weighted by Gasteiger charge is -2.34. The lowest BCUT2D eigenvalue weighted by atomic mass is 9.94. The van der Waals surface area contributed by atoms with Crippen LogP contribution in [0.5, 0.6) is 0 Å². The lowest BCUT2D eigenvalue weighted by molar-refractivity contribution is 0.200. The Hall–Kier alpha value is -3.40. The van der Waals surface area contributed by atoms with Crippen molar-refractivity contribution < 1.29 is 22.4 Å². The number of hydrogen-bond acceptors (Lipinski definition) is 3. The van der Waals surface area contributed by atoms with Crippen molar-refractivity contribution in [2.45, 2.75) is 12.6 Å². The van der Waals surface area contributed by atoms with Crippen molar-refractivity contribution >= 4 is 22.5 Å². The van der Waals surface area contributed by atoms with Crippen molar-refractivity contribution in [3.05, 3.63) is 75.2 Å². The van der Waals surface area contributed by atoms with Crippen molar-refractivity contribution in [2.75, 3.05) is 18.9 Å². The molecule has 0 saturated carbocycles. The molecule has 1 aromatic heterocycles. The van der Waals surface area contributed by atoms with Crippen molar-refractivity contribution in [3.63, 3.8) is 0 Å². The minimum absolute atomic E-state index is 0.0334. The van der Waals surface area contributed by atoms with Crippen LogP contribution in [-0.2, 0) is 6.54 Å². The van der Waals surface area contributed by atoms with Gasteiger partial charge in [0.25, 0.3) is 5.56 Å². The van der Waals surface area contributed by atoms with E-state index < -0.39 is 40.9 Å². The molecule has 2 amide bonds. The van der Waals surface area contributed by atoms with E-state index in [-0.39, 0.29) is 29.5 Å². The number of amides is 2. The highest BCUT2D eigenvalue weighted by atomic mass is 19.2. The van der Waals surface area contributed by atoms with Crippen LogP contribution in [0.15, 0.2) is 35.1 Å². The third-order valence-corrected chi connectivity index (χ3v) is 5.12. The summed E-state index contributed by atoms with van der Waals surface area (Å²) < 4.78 is 54.1. The van der Waals surface area contributed by atoms with Gasteiger partial charge in [-0.2, -0.15) is 0 Å². The molecule has 0 fully saturated rings. The SMILES string of the molecule is CN(C(=O)Nc1ccc(F)c(F)c1)[C@H]1CNCc2[nH]c(=O)c3cc(F)c(F)cc3c21. The number of urea groups is 1. The van der Waals surface area contributed by atoms with E-state index in [1.807, 2.05) is 0 Å². The fourth-order valence-electron chi connectivity index (χ4n) is 3.61. The molecule has 0 saturated heterocycles. The standard InChI is InChI=1S/C20H16F4N4O2/c1-28(20(30)26-9-2-3-12(21)13(22)4-9)17-8-25-7-16-18(17)10-5-14(23)15(24)6-11(10)19(29)27-16/h2-6,17,25H,7-8H2,1H3,(H,26,30)(H,27,29)/t17-/m0/s1. The summed E-state index contributed by atoms with van der Waals surface area (Å²) in [4.78, 5) is 28.9. The van der Waals surface area contributed by atoms with Gasteiger partial charge in [-0.15, -0.1) is 0 Å². The second kappa shape index (κ2) is 7.45. The average Bonchev–Trinajstić information content (AvgIpc) is 2.71. The van der Waals surface area contributed by atoms with Crippen LogP contribution >= 0.6 is 0 Å². The largest absolute Gasteiger partial charge is 0.324 e. The first-order chi connectivity index (χ1) is 14.3. The number of carbonyl (C=O) groups excluding carboxylic acids is 1. The monoisotopic (exact) mass is 420 g/mol. The Balaban J connectivity index is 1.73. The van der Waals surface area contributed by atoms with E-state index in [2.05, 4.69) is 15.6 Å². The van der Waals surface area contributed by atoms with Crippen LogP contribution in [0.2, 0.25) is 0 Å². The summed E-state index contributed by atoms with van der Waals surface area (Å²) in [5.41, 5.74) is 0.403. The number of H-pyrrole nitrogens is 1. The number of nitrogens with zero attached hydrogens (tertiary/aromatic N) is 1. The van der Waals surface area contributed by atoms with E-state index in [1.54, 1.807) is 0 Å². The number of fused-ring (bicyclic) bond motifs is 3.